The Morgan fingerprint density at radius 1 is 0.829 bits per heavy atom. The second kappa shape index (κ2) is 12.3. The van der Waals surface area contributed by atoms with Crippen molar-refractivity contribution in [1.82, 2.24) is 14.9 Å². The zero-order chi connectivity index (χ0) is 25.3. The quantitative estimate of drug-likeness (QED) is 0.424. The second-order valence-corrected chi connectivity index (χ2v) is 9.95. The van der Waals surface area contributed by atoms with E-state index in [4.69, 9.17) is 0 Å². The first-order valence-corrected chi connectivity index (χ1v) is 13.1. The van der Waals surface area contributed by atoms with E-state index in [1.54, 1.807) is 62.4 Å². The van der Waals surface area contributed by atoms with Crippen LogP contribution in [-0.2, 0) is 21.4 Å². The van der Waals surface area contributed by atoms with Gasteiger partial charge in [0.1, 0.15) is 0 Å². The molecule has 0 radical (unpaired) electrons. The molecule has 0 aliphatic heterocycles. The summed E-state index contributed by atoms with van der Waals surface area (Å²) in [6.07, 6.45) is 0.0665. The summed E-state index contributed by atoms with van der Waals surface area (Å²) in [5.74, 6) is -0.482. The Hall–Kier alpha value is -3.49. The van der Waals surface area contributed by atoms with E-state index in [1.807, 2.05) is 36.4 Å². The Kier molecular flexibility index (Phi) is 9.17. The van der Waals surface area contributed by atoms with Crippen molar-refractivity contribution < 1.29 is 18.0 Å². The number of sulfonamides is 1. The Bertz CT molecular complexity index is 1210. The van der Waals surface area contributed by atoms with Gasteiger partial charge in [0.25, 0.3) is 5.91 Å². The van der Waals surface area contributed by atoms with Crippen LogP contribution in [-0.4, -0.2) is 37.6 Å². The van der Waals surface area contributed by atoms with Crippen LogP contribution in [0.4, 0.5) is 0 Å². The molecule has 0 aliphatic rings. The Morgan fingerprint density at radius 3 is 1.97 bits per heavy atom. The lowest BCUT2D eigenvalue weighted by Gasteiger charge is -2.19. The van der Waals surface area contributed by atoms with Gasteiger partial charge in [-0.15, -0.1) is 0 Å². The molecule has 0 aromatic heterocycles. The third-order valence-corrected chi connectivity index (χ3v) is 7.75. The summed E-state index contributed by atoms with van der Waals surface area (Å²) in [5.41, 5.74) is 2.13. The van der Waals surface area contributed by atoms with Crippen LogP contribution < -0.4 is 10.6 Å². The van der Waals surface area contributed by atoms with Gasteiger partial charge in [-0.1, -0.05) is 74.5 Å². The van der Waals surface area contributed by atoms with Gasteiger partial charge in [-0.3, -0.25) is 9.59 Å². The van der Waals surface area contributed by atoms with E-state index < -0.39 is 16.1 Å². The summed E-state index contributed by atoms with van der Waals surface area (Å²) in [6.45, 7) is 4.66. The summed E-state index contributed by atoms with van der Waals surface area (Å²) in [7, 11) is -3.52. The molecule has 3 aromatic rings. The molecular weight excluding hydrogens is 462 g/mol. The SMILES string of the molecule is CCN(CC)S(=O)(=O)c1ccc(CNC(=O)CC(NC(=O)c2ccccc2)c2ccccc2)cc1. The van der Waals surface area contributed by atoms with Gasteiger partial charge in [0, 0.05) is 25.2 Å². The molecule has 0 heterocycles. The first-order valence-electron chi connectivity index (χ1n) is 11.6. The van der Waals surface area contributed by atoms with Crippen LogP contribution in [0.5, 0.6) is 0 Å². The van der Waals surface area contributed by atoms with E-state index in [9.17, 15) is 18.0 Å². The molecule has 2 amide bonds. The van der Waals surface area contributed by atoms with Crippen LogP contribution in [0, 0.1) is 0 Å². The lowest BCUT2D eigenvalue weighted by atomic mass is 10.0. The first kappa shape index (κ1) is 26.1. The smallest absolute Gasteiger partial charge is 0.251 e. The standard InChI is InChI=1S/C27H31N3O4S/c1-3-30(4-2)35(33,34)24-17-15-21(16-18-24)20-28-26(31)19-25(22-11-7-5-8-12-22)29-27(32)23-13-9-6-10-14-23/h5-18,25H,3-4,19-20H2,1-2H3,(H,28,31)(H,29,32). The first-order chi connectivity index (χ1) is 16.8. The molecule has 1 unspecified atom stereocenters. The van der Waals surface area contributed by atoms with E-state index in [-0.39, 0.29) is 29.7 Å². The van der Waals surface area contributed by atoms with Gasteiger partial charge >= 0.3 is 0 Å². The minimum atomic E-state index is -3.52. The highest BCUT2D eigenvalue weighted by molar-refractivity contribution is 7.89. The number of nitrogens with zero attached hydrogens (tertiary/aromatic N) is 1. The maximum atomic E-state index is 12.7. The van der Waals surface area contributed by atoms with E-state index >= 15 is 0 Å². The second-order valence-electron chi connectivity index (χ2n) is 8.02. The molecule has 2 N–H and O–H groups in total. The number of carbonyl (C=O) groups excluding carboxylic acids is 2. The molecule has 8 heteroatoms. The summed E-state index contributed by atoms with van der Waals surface area (Å²) < 4.78 is 26.7. The van der Waals surface area contributed by atoms with Crippen molar-refractivity contribution >= 4 is 21.8 Å². The number of amides is 2. The van der Waals surface area contributed by atoms with Crippen LogP contribution in [0.25, 0.3) is 0 Å². The molecule has 0 saturated heterocycles. The minimum Gasteiger partial charge on any atom is -0.352 e. The van der Waals surface area contributed by atoms with Gasteiger partial charge in [0.2, 0.25) is 15.9 Å². The molecule has 184 valence electrons. The van der Waals surface area contributed by atoms with Gasteiger partial charge in [0.05, 0.1) is 17.4 Å². The van der Waals surface area contributed by atoms with Crippen molar-refractivity contribution in [3.8, 4) is 0 Å². The van der Waals surface area contributed by atoms with Crippen LogP contribution in [0.15, 0.2) is 89.8 Å². The molecule has 3 aromatic carbocycles. The highest BCUT2D eigenvalue weighted by Crippen LogP contribution is 2.19. The Balaban J connectivity index is 1.64. The van der Waals surface area contributed by atoms with E-state index in [2.05, 4.69) is 10.6 Å². The summed E-state index contributed by atoms with van der Waals surface area (Å²) in [6, 6.07) is 24.2. The van der Waals surface area contributed by atoms with Gasteiger partial charge < -0.3 is 10.6 Å². The summed E-state index contributed by atoms with van der Waals surface area (Å²) in [4.78, 5) is 25.7. The lowest BCUT2D eigenvalue weighted by Crippen LogP contribution is -2.33. The number of benzene rings is 3. The summed E-state index contributed by atoms with van der Waals surface area (Å²) in [5, 5.41) is 5.82. The molecule has 0 saturated carbocycles. The molecule has 0 fully saturated rings. The maximum Gasteiger partial charge on any atom is 0.251 e. The molecule has 35 heavy (non-hydrogen) atoms. The molecule has 7 nitrogen and oxygen atoms in total. The van der Waals surface area contributed by atoms with Crippen LogP contribution in [0.3, 0.4) is 0 Å². The number of hydrogen-bond acceptors (Lipinski definition) is 4. The summed E-state index contributed by atoms with van der Waals surface area (Å²) >= 11 is 0. The highest BCUT2D eigenvalue weighted by atomic mass is 32.2. The van der Waals surface area contributed by atoms with Crippen molar-refractivity contribution in [2.45, 2.75) is 37.8 Å². The molecular formula is C27H31N3O4S. The van der Waals surface area contributed by atoms with E-state index in [0.717, 1.165) is 11.1 Å². The Labute approximate surface area is 207 Å². The number of hydrogen-bond donors (Lipinski definition) is 2. The zero-order valence-electron chi connectivity index (χ0n) is 20.0. The van der Waals surface area contributed by atoms with Crippen molar-refractivity contribution in [1.29, 1.82) is 0 Å². The van der Waals surface area contributed by atoms with Crippen molar-refractivity contribution in [3.63, 3.8) is 0 Å². The van der Waals surface area contributed by atoms with Gasteiger partial charge in [-0.05, 0) is 35.4 Å². The Morgan fingerprint density at radius 2 is 1.40 bits per heavy atom. The fraction of sp³-hybridized carbons (Fsp3) is 0.259. The van der Waals surface area contributed by atoms with Crippen molar-refractivity contribution in [3.05, 3.63) is 102 Å². The molecule has 0 spiro atoms. The van der Waals surface area contributed by atoms with Crippen LogP contribution >= 0.6 is 0 Å². The third kappa shape index (κ3) is 7.00. The average Bonchev–Trinajstić information content (AvgIpc) is 2.89. The lowest BCUT2D eigenvalue weighted by molar-refractivity contribution is -0.121. The average molecular weight is 494 g/mol. The third-order valence-electron chi connectivity index (χ3n) is 5.69. The van der Waals surface area contributed by atoms with Gasteiger partial charge in [0.15, 0.2) is 0 Å². The monoisotopic (exact) mass is 493 g/mol. The maximum absolute atomic E-state index is 12.7. The van der Waals surface area contributed by atoms with Crippen molar-refractivity contribution in [2.75, 3.05) is 13.1 Å². The molecule has 0 bridgehead atoms. The molecule has 1 atom stereocenters. The predicted octanol–water partition coefficient (Wildman–Crippen LogP) is 3.89. The number of nitrogens with one attached hydrogen (secondary N) is 2. The zero-order valence-corrected chi connectivity index (χ0v) is 20.8. The molecule has 3 rings (SSSR count). The molecule has 0 aliphatic carbocycles. The predicted molar refractivity (Wildman–Crippen MR) is 136 cm³/mol. The fourth-order valence-corrected chi connectivity index (χ4v) is 5.18. The normalized spacial score (nSPS) is 12.2. The fourth-order valence-electron chi connectivity index (χ4n) is 3.72. The number of carbonyl (C=O) groups is 2. The highest BCUT2D eigenvalue weighted by Gasteiger charge is 2.22. The van der Waals surface area contributed by atoms with Gasteiger partial charge in [-0.25, -0.2) is 8.42 Å². The van der Waals surface area contributed by atoms with E-state index in [1.165, 1.54) is 4.31 Å². The van der Waals surface area contributed by atoms with Crippen LogP contribution in [0.1, 0.15) is 47.8 Å². The van der Waals surface area contributed by atoms with E-state index in [0.29, 0.717) is 18.7 Å². The topological polar surface area (TPSA) is 95.6 Å². The number of rotatable bonds is 11. The minimum absolute atomic E-state index is 0.0665. The largest absolute Gasteiger partial charge is 0.352 e. The van der Waals surface area contributed by atoms with Gasteiger partial charge in [-0.2, -0.15) is 4.31 Å². The van der Waals surface area contributed by atoms with Crippen LogP contribution in [0.2, 0.25) is 0 Å². The van der Waals surface area contributed by atoms with Crippen molar-refractivity contribution in [2.24, 2.45) is 0 Å².